The third-order valence-electron chi connectivity index (χ3n) is 3.78. The Hall–Kier alpha value is -3.34. The van der Waals surface area contributed by atoms with Gasteiger partial charge >= 0.3 is 0 Å². The SMILES string of the molecule is c1ccc(CN(c2cnc3ccccc3c2)c2nccnn2)cc1. The second kappa shape index (κ2) is 6.42. The van der Waals surface area contributed by atoms with E-state index >= 15 is 0 Å². The van der Waals surface area contributed by atoms with Crippen LogP contribution in [0.3, 0.4) is 0 Å². The first-order chi connectivity index (χ1) is 11.9. The minimum Gasteiger partial charge on any atom is -0.303 e. The second-order valence-corrected chi connectivity index (χ2v) is 5.40. The number of nitrogens with zero attached hydrogens (tertiary/aromatic N) is 5. The first-order valence-electron chi connectivity index (χ1n) is 7.70. The van der Waals surface area contributed by atoms with E-state index in [-0.39, 0.29) is 0 Å². The molecule has 0 aliphatic heterocycles. The quantitative estimate of drug-likeness (QED) is 0.574. The van der Waals surface area contributed by atoms with Gasteiger partial charge < -0.3 is 4.90 Å². The van der Waals surface area contributed by atoms with Gasteiger partial charge in [0, 0.05) is 5.39 Å². The Labute approximate surface area is 139 Å². The Kier molecular flexibility index (Phi) is 3.81. The van der Waals surface area contributed by atoms with E-state index in [2.05, 4.69) is 44.4 Å². The van der Waals surface area contributed by atoms with E-state index in [1.807, 2.05) is 47.5 Å². The molecule has 0 N–H and O–H groups in total. The summed E-state index contributed by atoms with van der Waals surface area (Å²) in [5, 5.41) is 9.21. The van der Waals surface area contributed by atoms with E-state index in [4.69, 9.17) is 0 Å². The molecule has 4 rings (SSSR count). The van der Waals surface area contributed by atoms with E-state index in [0.717, 1.165) is 22.2 Å². The highest BCUT2D eigenvalue weighted by molar-refractivity contribution is 5.82. The number of para-hydroxylation sites is 1. The molecule has 2 heterocycles. The van der Waals surface area contributed by atoms with Crippen molar-refractivity contribution in [2.24, 2.45) is 0 Å². The number of benzene rings is 2. The standard InChI is InChI=1S/C19H15N5/c1-2-6-15(7-3-1)14-24(19-20-10-11-22-23-19)17-12-16-8-4-5-9-18(16)21-13-17/h1-13H,14H2. The molecule has 0 radical (unpaired) electrons. The first kappa shape index (κ1) is 14.3. The normalized spacial score (nSPS) is 10.7. The predicted molar refractivity (Wildman–Crippen MR) is 93.9 cm³/mol. The van der Waals surface area contributed by atoms with Crippen molar-refractivity contribution in [3.8, 4) is 0 Å². The van der Waals surface area contributed by atoms with Gasteiger partial charge in [-0.05, 0) is 17.7 Å². The van der Waals surface area contributed by atoms with Crippen LogP contribution < -0.4 is 4.90 Å². The van der Waals surface area contributed by atoms with Crippen molar-refractivity contribution >= 4 is 22.5 Å². The number of pyridine rings is 1. The van der Waals surface area contributed by atoms with E-state index in [0.29, 0.717) is 12.5 Å². The van der Waals surface area contributed by atoms with Crippen LogP contribution >= 0.6 is 0 Å². The Morgan fingerprint density at radius 2 is 1.67 bits per heavy atom. The van der Waals surface area contributed by atoms with Gasteiger partial charge in [0.05, 0.1) is 36.3 Å². The first-order valence-corrected chi connectivity index (χ1v) is 7.70. The average molecular weight is 313 g/mol. The van der Waals surface area contributed by atoms with Crippen molar-refractivity contribution in [1.29, 1.82) is 0 Å². The fourth-order valence-electron chi connectivity index (χ4n) is 2.61. The predicted octanol–water partition coefficient (Wildman–Crippen LogP) is 3.76. The molecular weight excluding hydrogens is 298 g/mol. The average Bonchev–Trinajstić information content (AvgIpc) is 2.67. The molecule has 2 aromatic heterocycles. The Morgan fingerprint density at radius 1 is 0.833 bits per heavy atom. The lowest BCUT2D eigenvalue weighted by atomic mass is 10.2. The zero-order chi connectivity index (χ0) is 16.2. The van der Waals surface area contributed by atoms with Crippen LogP contribution in [0, 0.1) is 0 Å². The van der Waals surface area contributed by atoms with Gasteiger partial charge in [0.15, 0.2) is 0 Å². The van der Waals surface area contributed by atoms with E-state index in [9.17, 15) is 0 Å². The topological polar surface area (TPSA) is 54.8 Å². The number of anilines is 2. The van der Waals surface area contributed by atoms with Crippen LogP contribution in [0.2, 0.25) is 0 Å². The zero-order valence-corrected chi connectivity index (χ0v) is 12.9. The van der Waals surface area contributed by atoms with Crippen molar-refractivity contribution in [2.45, 2.75) is 6.54 Å². The van der Waals surface area contributed by atoms with Gasteiger partial charge in [-0.15, -0.1) is 5.10 Å². The van der Waals surface area contributed by atoms with E-state index in [1.54, 1.807) is 12.4 Å². The third kappa shape index (κ3) is 2.92. The molecule has 2 aromatic carbocycles. The highest BCUT2D eigenvalue weighted by Crippen LogP contribution is 2.26. The summed E-state index contributed by atoms with van der Waals surface area (Å²) in [6.07, 6.45) is 5.07. The Bertz CT molecular complexity index is 941. The summed E-state index contributed by atoms with van der Waals surface area (Å²) in [6.45, 7) is 0.645. The maximum Gasteiger partial charge on any atom is 0.250 e. The monoisotopic (exact) mass is 313 g/mol. The summed E-state index contributed by atoms with van der Waals surface area (Å²) in [6, 6.07) is 20.4. The molecule has 5 nitrogen and oxygen atoms in total. The summed E-state index contributed by atoms with van der Waals surface area (Å²) in [4.78, 5) is 10.9. The number of fused-ring (bicyclic) bond motifs is 1. The number of hydrogen-bond acceptors (Lipinski definition) is 5. The van der Waals surface area contributed by atoms with E-state index < -0.39 is 0 Å². The lowest BCUT2D eigenvalue weighted by Crippen LogP contribution is -2.19. The van der Waals surface area contributed by atoms with Crippen molar-refractivity contribution in [2.75, 3.05) is 4.90 Å². The third-order valence-corrected chi connectivity index (χ3v) is 3.78. The van der Waals surface area contributed by atoms with Crippen LogP contribution in [0.15, 0.2) is 79.3 Å². The number of aromatic nitrogens is 4. The lowest BCUT2D eigenvalue weighted by molar-refractivity contribution is 0.861. The number of rotatable bonds is 4. The van der Waals surface area contributed by atoms with Crippen LogP contribution in [0.4, 0.5) is 11.6 Å². The molecule has 0 saturated carbocycles. The highest BCUT2D eigenvalue weighted by atomic mass is 15.3. The summed E-state index contributed by atoms with van der Waals surface area (Å²) >= 11 is 0. The molecule has 0 spiro atoms. The van der Waals surface area contributed by atoms with Crippen molar-refractivity contribution in [3.63, 3.8) is 0 Å². The van der Waals surface area contributed by atoms with Gasteiger partial charge in [0.25, 0.3) is 0 Å². The summed E-state index contributed by atoms with van der Waals surface area (Å²) < 4.78 is 0. The molecule has 0 fully saturated rings. The molecule has 24 heavy (non-hydrogen) atoms. The largest absolute Gasteiger partial charge is 0.303 e. The molecule has 0 aliphatic carbocycles. The smallest absolute Gasteiger partial charge is 0.250 e. The van der Waals surface area contributed by atoms with Crippen LogP contribution in [0.5, 0.6) is 0 Å². The van der Waals surface area contributed by atoms with Gasteiger partial charge in [0.1, 0.15) is 0 Å². The summed E-state index contributed by atoms with van der Waals surface area (Å²) in [7, 11) is 0. The second-order valence-electron chi connectivity index (χ2n) is 5.40. The fraction of sp³-hybridized carbons (Fsp3) is 0.0526. The van der Waals surface area contributed by atoms with Crippen molar-refractivity contribution < 1.29 is 0 Å². The van der Waals surface area contributed by atoms with Gasteiger partial charge in [-0.1, -0.05) is 48.5 Å². The molecule has 0 unspecified atom stereocenters. The highest BCUT2D eigenvalue weighted by Gasteiger charge is 2.14. The van der Waals surface area contributed by atoms with Gasteiger partial charge in [-0.3, -0.25) is 4.98 Å². The molecule has 0 aliphatic rings. The van der Waals surface area contributed by atoms with Crippen LogP contribution in [-0.4, -0.2) is 20.2 Å². The van der Waals surface area contributed by atoms with Crippen LogP contribution in [0.1, 0.15) is 5.56 Å². The van der Waals surface area contributed by atoms with Gasteiger partial charge in [-0.25, -0.2) is 4.98 Å². The minimum atomic E-state index is 0.554. The molecule has 0 atom stereocenters. The van der Waals surface area contributed by atoms with Gasteiger partial charge in [0.2, 0.25) is 5.95 Å². The minimum absolute atomic E-state index is 0.554. The molecular formula is C19H15N5. The maximum atomic E-state index is 4.55. The van der Waals surface area contributed by atoms with Gasteiger partial charge in [-0.2, -0.15) is 5.10 Å². The molecule has 116 valence electrons. The number of hydrogen-bond donors (Lipinski definition) is 0. The molecule has 0 bridgehead atoms. The maximum absolute atomic E-state index is 4.55. The Morgan fingerprint density at radius 3 is 2.50 bits per heavy atom. The lowest BCUT2D eigenvalue weighted by Gasteiger charge is -2.22. The van der Waals surface area contributed by atoms with Crippen LogP contribution in [0.25, 0.3) is 10.9 Å². The summed E-state index contributed by atoms with van der Waals surface area (Å²) in [5.74, 6) is 0.554. The molecule has 5 heteroatoms. The van der Waals surface area contributed by atoms with Crippen molar-refractivity contribution in [1.82, 2.24) is 20.2 Å². The fourth-order valence-corrected chi connectivity index (χ4v) is 2.61. The van der Waals surface area contributed by atoms with Crippen LogP contribution in [-0.2, 0) is 6.54 Å². The Balaban J connectivity index is 1.78. The zero-order valence-electron chi connectivity index (χ0n) is 12.9. The molecule has 0 amide bonds. The molecule has 0 saturated heterocycles. The van der Waals surface area contributed by atoms with E-state index in [1.165, 1.54) is 0 Å². The van der Waals surface area contributed by atoms with Crippen molar-refractivity contribution in [3.05, 3.63) is 84.8 Å². The molecule has 4 aromatic rings. The summed E-state index contributed by atoms with van der Waals surface area (Å²) in [5.41, 5.74) is 3.07.